The van der Waals surface area contributed by atoms with Crippen LogP contribution in [0.25, 0.3) is 0 Å². The van der Waals surface area contributed by atoms with Crippen molar-refractivity contribution >= 4 is 5.69 Å². The molecule has 0 saturated heterocycles. The van der Waals surface area contributed by atoms with E-state index in [2.05, 4.69) is 5.32 Å². The van der Waals surface area contributed by atoms with Crippen LogP contribution in [0.2, 0.25) is 0 Å². The molecule has 0 aromatic heterocycles. The largest absolute Gasteiger partial charge is 0.392 e. The Bertz CT molecular complexity index is 543. The zero-order valence-electron chi connectivity index (χ0n) is 9.66. The molecule has 0 unspecified atom stereocenters. The molecule has 0 aliphatic carbocycles. The summed E-state index contributed by atoms with van der Waals surface area (Å²) in [4.78, 5) is 0. The fourth-order valence-electron chi connectivity index (χ4n) is 1.66. The third-order valence-electron chi connectivity index (χ3n) is 2.62. The molecule has 94 valence electrons. The van der Waals surface area contributed by atoms with Crippen LogP contribution in [0.4, 0.5) is 14.5 Å². The van der Waals surface area contributed by atoms with Crippen LogP contribution in [0.1, 0.15) is 11.1 Å². The SMILES string of the molecule is OCc1cccc(NCc2cccc(F)c2F)c1. The van der Waals surface area contributed by atoms with Crippen molar-refractivity contribution in [3.63, 3.8) is 0 Å². The van der Waals surface area contributed by atoms with Crippen LogP contribution in [0, 0.1) is 11.6 Å². The maximum absolute atomic E-state index is 13.4. The summed E-state index contributed by atoms with van der Waals surface area (Å²) >= 11 is 0. The smallest absolute Gasteiger partial charge is 0.163 e. The van der Waals surface area contributed by atoms with E-state index in [1.54, 1.807) is 24.3 Å². The van der Waals surface area contributed by atoms with Crippen molar-refractivity contribution < 1.29 is 13.9 Å². The van der Waals surface area contributed by atoms with Crippen molar-refractivity contribution in [2.45, 2.75) is 13.2 Å². The number of benzene rings is 2. The molecular formula is C14H13F2NO. The molecule has 2 N–H and O–H groups in total. The van der Waals surface area contributed by atoms with E-state index in [1.807, 2.05) is 0 Å². The molecular weight excluding hydrogens is 236 g/mol. The Morgan fingerprint density at radius 3 is 2.61 bits per heavy atom. The lowest BCUT2D eigenvalue weighted by Crippen LogP contribution is -2.03. The van der Waals surface area contributed by atoms with Gasteiger partial charge in [-0.2, -0.15) is 0 Å². The quantitative estimate of drug-likeness (QED) is 0.872. The van der Waals surface area contributed by atoms with Gasteiger partial charge in [-0.15, -0.1) is 0 Å². The van der Waals surface area contributed by atoms with E-state index in [1.165, 1.54) is 12.1 Å². The number of rotatable bonds is 4. The normalized spacial score (nSPS) is 10.4. The van der Waals surface area contributed by atoms with E-state index in [-0.39, 0.29) is 18.7 Å². The molecule has 0 spiro atoms. The molecule has 0 radical (unpaired) electrons. The van der Waals surface area contributed by atoms with Gasteiger partial charge in [0.2, 0.25) is 0 Å². The third-order valence-corrected chi connectivity index (χ3v) is 2.62. The van der Waals surface area contributed by atoms with Crippen molar-refractivity contribution in [2.24, 2.45) is 0 Å². The molecule has 0 heterocycles. The Kier molecular flexibility index (Phi) is 3.89. The van der Waals surface area contributed by atoms with Crippen LogP contribution < -0.4 is 5.32 Å². The predicted molar refractivity (Wildman–Crippen MR) is 66.0 cm³/mol. The van der Waals surface area contributed by atoms with E-state index >= 15 is 0 Å². The first kappa shape index (κ1) is 12.5. The monoisotopic (exact) mass is 249 g/mol. The van der Waals surface area contributed by atoms with Crippen LogP contribution in [-0.4, -0.2) is 5.11 Å². The molecule has 0 atom stereocenters. The summed E-state index contributed by atoms with van der Waals surface area (Å²) in [6, 6.07) is 11.2. The number of nitrogens with one attached hydrogen (secondary N) is 1. The molecule has 0 aliphatic heterocycles. The highest BCUT2D eigenvalue weighted by atomic mass is 19.2. The molecule has 0 aliphatic rings. The number of aliphatic hydroxyl groups is 1. The molecule has 2 aromatic rings. The molecule has 0 saturated carbocycles. The molecule has 18 heavy (non-hydrogen) atoms. The standard InChI is InChI=1S/C14H13F2NO/c15-13-6-2-4-11(14(13)16)8-17-12-5-1-3-10(7-12)9-18/h1-7,17-18H,8-9H2. The summed E-state index contributed by atoms with van der Waals surface area (Å²) < 4.78 is 26.4. The number of halogens is 2. The van der Waals surface area contributed by atoms with Gasteiger partial charge >= 0.3 is 0 Å². The first-order valence-electron chi connectivity index (χ1n) is 5.57. The Balaban J connectivity index is 2.09. The highest BCUT2D eigenvalue weighted by Crippen LogP contribution is 2.15. The van der Waals surface area contributed by atoms with Crippen LogP contribution in [0.5, 0.6) is 0 Å². The van der Waals surface area contributed by atoms with E-state index in [4.69, 9.17) is 5.11 Å². The molecule has 2 aromatic carbocycles. The highest BCUT2D eigenvalue weighted by molar-refractivity contribution is 5.46. The Morgan fingerprint density at radius 1 is 1.06 bits per heavy atom. The lowest BCUT2D eigenvalue weighted by atomic mass is 10.2. The van der Waals surface area contributed by atoms with E-state index in [0.29, 0.717) is 0 Å². The zero-order valence-corrected chi connectivity index (χ0v) is 9.66. The average Bonchev–Trinajstić information content (AvgIpc) is 2.41. The number of hydrogen-bond donors (Lipinski definition) is 2. The molecule has 2 nitrogen and oxygen atoms in total. The van der Waals surface area contributed by atoms with E-state index in [9.17, 15) is 8.78 Å². The fraction of sp³-hybridized carbons (Fsp3) is 0.143. The van der Waals surface area contributed by atoms with Gasteiger partial charge in [-0.1, -0.05) is 24.3 Å². The lowest BCUT2D eigenvalue weighted by molar-refractivity contribution is 0.282. The van der Waals surface area contributed by atoms with E-state index < -0.39 is 11.6 Å². The van der Waals surface area contributed by atoms with Crippen molar-refractivity contribution in [3.8, 4) is 0 Å². The summed E-state index contributed by atoms with van der Waals surface area (Å²) in [5.41, 5.74) is 1.79. The Morgan fingerprint density at radius 2 is 1.83 bits per heavy atom. The van der Waals surface area contributed by atoms with Gasteiger partial charge in [0.15, 0.2) is 11.6 Å². The average molecular weight is 249 g/mol. The van der Waals surface area contributed by atoms with Crippen molar-refractivity contribution in [2.75, 3.05) is 5.32 Å². The van der Waals surface area contributed by atoms with Crippen LogP contribution in [0.3, 0.4) is 0 Å². The van der Waals surface area contributed by atoms with Gasteiger partial charge in [0.1, 0.15) is 0 Å². The maximum atomic E-state index is 13.4. The molecule has 0 amide bonds. The topological polar surface area (TPSA) is 32.3 Å². The van der Waals surface area contributed by atoms with Gasteiger partial charge < -0.3 is 10.4 Å². The molecule has 0 fully saturated rings. The summed E-state index contributed by atoms with van der Waals surface area (Å²) in [6.07, 6.45) is 0. The van der Waals surface area contributed by atoms with Gasteiger partial charge in [-0.05, 0) is 23.8 Å². The molecule has 0 bridgehead atoms. The minimum Gasteiger partial charge on any atom is -0.392 e. The predicted octanol–water partition coefficient (Wildman–Crippen LogP) is 3.07. The van der Waals surface area contributed by atoms with Crippen molar-refractivity contribution in [1.82, 2.24) is 0 Å². The highest BCUT2D eigenvalue weighted by Gasteiger charge is 2.06. The van der Waals surface area contributed by atoms with E-state index in [0.717, 1.165) is 17.3 Å². The second kappa shape index (κ2) is 5.60. The third kappa shape index (κ3) is 2.84. The zero-order chi connectivity index (χ0) is 13.0. The van der Waals surface area contributed by atoms with Gasteiger partial charge in [-0.25, -0.2) is 8.78 Å². The second-order valence-electron chi connectivity index (χ2n) is 3.92. The Hall–Kier alpha value is -1.94. The van der Waals surface area contributed by atoms with Gasteiger partial charge in [-0.3, -0.25) is 0 Å². The summed E-state index contributed by atoms with van der Waals surface area (Å²) in [7, 11) is 0. The van der Waals surface area contributed by atoms with Gasteiger partial charge in [0, 0.05) is 17.8 Å². The van der Waals surface area contributed by atoms with Crippen molar-refractivity contribution in [1.29, 1.82) is 0 Å². The van der Waals surface area contributed by atoms with Crippen molar-refractivity contribution in [3.05, 3.63) is 65.2 Å². The summed E-state index contributed by atoms with van der Waals surface area (Å²) in [6.45, 7) is 0.141. The molecule has 4 heteroatoms. The summed E-state index contributed by atoms with van der Waals surface area (Å²) in [5.74, 6) is -1.68. The number of aliphatic hydroxyl groups excluding tert-OH is 1. The lowest BCUT2D eigenvalue weighted by Gasteiger charge is -2.08. The number of hydrogen-bond acceptors (Lipinski definition) is 2. The second-order valence-corrected chi connectivity index (χ2v) is 3.92. The minimum absolute atomic E-state index is 0.0517. The Labute approximate surface area is 104 Å². The number of anilines is 1. The van der Waals surface area contributed by atoms with Gasteiger partial charge in [0.25, 0.3) is 0 Å². The van der Waals surface area contributed by atoms with Crippen LogP contribution in [-0.2, 0) is 13.2 Å². The summed E-state index contributed by atoms with van der Waals surface area (Å²) in [5, 5.41) is 12.0. The minimum atomic E-state index is -0.849. The fourth-order valence-corrected chi connectivity index (χ4v) is 1.66. The maximum Gasteiger partial charge on any atom is 0.163 e. The van der Waals surface area contributed by atoms with Crippen LogP contribution in [0.15, 0.2) is 42.5 Å². The first-order chi connectivity index (χ1) is 8.70. The molecule has 2 rings (SSSR count). The first-order valence-corrected chi connectivity index (χ1v) is 5.57. The van der Waals surface area contributed by atoms with Gasteiger partial charge in [0.05, 0.1) is 6.61 Å². The van der Waals surface area contributed by atoms with Crippen LogP contribution >= 0.6 is 0 Å².